The van der Waals surface area contributed by atoms with Gasteiger partial charge in [0.05, 0.1) is 12.7 Å². The molecular weight excluding hydrogens is 304 g/mol. The minimum Gasteiger partial charge on any atom is -0.326 e. The van der Waals surface area contributed by atoms with Gasteiger partial charge in [0.2, 0.25) is 5.91 Å². The number of nitrogens with one attached hydrogen (secondary N) is 1. The van der Waals surface area contributed by atoms with Gasteiger partial charge in [-0.3, -0.25) is 14.5 Å². The van der Waals surface area contributed by atoms with E-state index < -0.39 is 0 Å². The SMILES string of the molecule is Cc1cc(C(=O)N2CCn3nccc32)ccc1NC(=O)CC(C)C. The molecule has 126 valence electrons. The summed E-state index contributed by atoms with van der Waals surface area (Å²) in [4.78, 5) is 26.4. The zero-order chi connectivity index (χ0) is 17.3. The second kappa shape index (κ2) is 6.47. The molecule has 0 aliphatic carbocycles. The third-order valence-corrected chi connectivity index (χ3v) is 4.09. The summed E-state index contributed by atoms with van der Waals surface area (Å²) in [5.74, 6) is 1.09. The van der Waals surface area contributed by atoms with Crippen molar-refractivity contribution in [2.24, 2.45) is 5.92 Å². The van der Waals surface area contributed by atoms with Gasteiger partial charge < -0.3 is 5.32 Å². The zero-order valence-electron chi connectivity index (χ0n) is 14.2. The number of carbonyl (C=O) groups is 2. The highest BCUT2D eigenvalue weighted by Gasteiger charge is 2.26. The van der Waals surface area contributed by atoms with Crippen molar-refractivity contribution in [2.75, 3.05) is 16.8 Å². The summed E-state index contributed by atoms with van der Waals surface area (Å²) in [6.45, 7) is 7.27. The maximum atomic E-state index is 12.7. The van der Waals surface area contributed by atoms with Gasteiger partial charge in [-0.1, -0.05) is 13.8 Å². The van der Waals surface area contributed by atoms with Gasteiger partial charge in [0.15, 0.2) is 0 Å². The Balaban J connectivity index is 1.75. The van der Waals surface area contributed by atoms with Crippen molar-refractivity contribution in [3.05, 3.63) is 41.6 Å². The third-order valence-electron chi connectivity index (χ3n) is 4.09. The first-order valence-electron chi connectivity index (χ1n) is 8.20. The Hall–Kier alpha value is -2.63. The molecular formula is C18H22N4O2. The maximum Gasteiger partial charge on any atom is 0.259 e. The van der Waals surface area contributed by atoms with Crippen molar-refractivity contribution < 1.29 is 9.59 Å². The van der Waals surface area contributed by atoms with Gasteiger partial charge in [0.1, 0.15) is 5.82 Å². The number of rotatable bonds is 4. The molecule has 0 unspecified atom stereocenters. The normalized spacial score (nSPS) is 13.2. The Morgan fingerprint density at radius 3 is 2.75 bits per heavy atom. The quantitative estimate of drug-likeness (QED) is 0.939. The van der Waals surface area contributed by atoms with Crippen LogP contribution in [0.15, 0.2) is 30.5 Å². The van der Waals surface area contributed by atoms with E-state index in [0.29, 0.717) is 24.4 Å². The van der Waals surface area contributed by atoms with Gasteiger partial charge in [-0.2, -0.15) is 5.10 Å². The second-order valence-electron chi connectivity index (χ2n) is 6.55. The van der Waals surface area contributed by atoms with E-state index in [1.54, 1.807) is 23.2 Å². The van der Waals surface area contributed by atoms with Crippen LogP contribution < -0.4 is 10.2 Å². The number of amides is 2. The summed E-state index contributed by atoms with van der Waals surface area (Å²) >= 11 is 0. The second-order valence-corrected chi connectivity index (χ2v) is 6.55. The Morgan fingerprint density at radius 2 is 2.04 bits per heavy atom. The summed E-state index contributed by atoms with van der Waals surface area (Å²) < 4.78 is 1.82. The van der Waals surface area contributed by atoms with Crippen LogP contribution in [-0.2, 0) is 11.3 Å². The molecule has 3 rings (SSSR count). The number of hydrogen-bond acceptors (Lipinski definition) is 3. The van der Waals surface area contributed by atoms with Crippen molar-refractivity contribution >= 4 is 23.3 Å². The van der Waals surface area contributed by atoms with Crippen LogP contribution >= 0.6 is 0 Å². The van der Waals surface area contributed by atoms with Gasteiger partial charge in [-0.15, -0.1) is 0 Å². The van der Waals surface area contributed by atoms with Crippen molar-refractivity contribution in [1.29, 1.82) is 0 Å². The molecule has 0 fully saturated rings. The molecule has 0 spiro atoms. The Bertz CT molecular complexity index is 779. The lowest BCUT2D eigenvalue weighted by Crippen LogP contribution is -2.28. The lowest BCUT2D eigenvalue weighted by molar-refractivity contribution is -0.116. The highest BCUT2D eigenvalue weighted by atomic mass is 16.2. The predicted molar refractivity (Wildman–Crippen MR) is 93.2 cm³/mol. The number of hydrogen-bond donors (Lipinski definition) is 1. The van der Waals surface area contributed by atoms with Crippen LogP contribution in [0.5, 0.6) is 0 Å². The van der Waals surface area contributed by atoms with Crippen molar-refractivity contribution in [2.45, 2.75) is 33.7 Å². The molecule has 0 bridgehead atoms. The lowest BCUT2D eigenvalue weighted by Gasteiger charge is -2.16. The molecule has 1 aliphatic heterocycles. The predicted octanol–water partition coefficient (Wildman–Crippen LogP) is 2.84. The summed E-state index contributed by atoms with van der Waals surface area (Å²) in [6, 6.07) is 7.23. The summed E-state index contributed by atoms with van der Waals surface area (Å²) in [5.41, 5.74) is 2.25. The van der Waals surface area contributed by atoms with Crippen LogP contribution in [-0.4, -0.2) is 28.1 Å². The summed E-state index contributed by atoms with van der Waals surface area (Å²) in [7, 11) is 0. The van der Waals surface area contributed by atoms with E-state index in [4.69, 9.17) is 0 Å². The minimum atomic E-state index is -0.0441. The lowest BCUT2D eigenvalue weighted by atomic mass is 10.1. The van der Waals surface area contributed by atoms with Crippen LogP contribution in [0.2, 0.25) is 0 Å². The van der Waals surface area contributed by atoms with E-state index in [-0.39, 0.29) is 11.8 Å². The fourth-order valence-electron chi connectivity index (χ4n) is 2.91. The number of carbonyl (C=O) groups excluding carboxylic acids is 2. The molecule has 2 heterocycles. The van der Waals surface area contributed by atoms with Crippen molar-refractivity contribution in [1.82, 2.24) is 9.78 Å². The van der Waals surface area contributed by atoms with E-state index in [2.05, 4.69) is 10.4 Å². The minimum absolute atomic E-state index is 0.00405. The molecule has 1 aliphatic rings. The molecule has 1 N–H and O–H groups in total. The molecule has 0 atom stereocenters. The molecule has 6 heteroatoms. The fourth-order valence-corrected chi connectivity index (χ4v) is 2.91. The van der Waals surface area contributed by atoms with Crippen molar-refractivity contribution in [3.63, 3.8) is 0 Å². The Morgan fingerprint density at radius 1 is 1.25 bits per heavy atom. The maximum absolute atomic E-state index is 12.7. The Kier molecular flexibility index (Phi) is 4.38. The van der Waals surface area contributed by atoms with E-state index in [0.717, 1.165) is 23.6 Å². The summed E-state index contributed by atoms with van der Waals surface area (Å²) in [5, 5.41) is 7.10. The molecule has 2 amide bonds. The van der Waals surface area contributed by atoms with Crippen LogP contribution in [0.1, 0.15) is 36.2 Å². The van der Waals surface area contributed by atoms with Crippen molar-refractivity contribution in [3.8, 4) is 0 Å². The number of nitrogens with zero attached hydrogens (tertiary/aromatic N) is 3. The number of aromatic nitrogens is 2. The van der Waals surface area contributed by atoms with E-state index in [1.165, 1.54) is 0 Å². The third kappa shape index (κ3) is 3.18. The molecule has 1 aromatic carbocycles. The highest BCUT2D eigenvalue weighted by Crippen LogP contribution is 2.24. The van der Waals surface area contributed by atoms with Crippen LogP contribution in [0.3, 0.4) is 0 Å². The molecule has 2 aromatic rings. The van der Waals surface area contributed by atoms with Gasteiger partial charge in [-0.25, -0.2) is 4.68 Å². The van der Waals surface area contributed by atoms with Gasteiger partial charge >= 0.3 is 0 Å². The molecule has 24 heavy (non-hydrogen) atoms. The number of aryl methyl sites for hydroxylation is 1. The molecule has 6 nitrogen and oxygen atoms in total. The standard InChI is InChI=1S/C18H22N4O2/c1-12(2)10-16(23)20-15-5-4-14(11-13(15)3)18(24)21-8-9-22-17(21)6-7-19-22/h4-7,11-12H,8-10H2,1-3H3,(H,20,23). The first kappa shape index (κ1) is 16.2. The molecule has 0 saturated carbocycles. The van der Waals surface area contributed by atoms with E-state index >= 15 is 0 Å². The average molecular weight is 326 g/mol. The first-order valence-corrected chi connectivity index (χ1v) is 8.20. The summed E-state index contributed by atoms with van der Waals surface area (Å²) in [6.07, 6.45) is 2.19. The number of fused-ring (bicyclic) bond motifs is 1. The zero-order valence-corrected chi connectivity index (χ0v) is 14.2. The van der Waals surface area contributed by atoms with E-state index in [1.807, 2.05) is 37.6 Å². The highest BCUT2D eigenvalue weighted by molar-refractivity contribution is 6.06. The molecule has 1 aromatic heterocycles. The fraction of sp³-hybridized carbons (Fsp3) is 0.389. The smallest absolute Gasteiger partial charge is 0.259 e. The average Bonchev–Trinajstić information content (AvgIpc) is 3.10. The van der Waals surface area contributed by atoms with E-state index in [9.17, 15) is 9.59 Å². The monoisotopic (exact) mass is 326 g/mol. The Labute approximate surface area is 141 Å². The van der Waals surface area contributed by atoms with Crippen LogP contribution in [0.25, 0.3) is 0 Å². The molecule has 0 saturated heterocycles. The van der Waals surface area contributed by atoms with Gasteiger partial charge in [-0.05, 0) is 36.6 Å². The van der Waals surface area contributed by atoms with Crippen LogP contribution in [0, 0.1) is 12.8 Å². The topological polar surface area (TPSA) is 67.2 Å². The molecule has 0 radical (unpaired) electrons. The van der Waals surface area contributed by atoms with Gasteiger partial charge in [0, 0.05) is 30.3 Å². The first-order chi connectivity index (χ1) is 11.5. The number of benzene rings is 1. The number of anilines is 2. The largest absolute Gasteiger partial charge is 0.326 e. The van der Waals surface area contributed by atoms with Crippen LogP contribution in [0.4, 0.5) is 11.5 Å². The van der Waals surface area contributed by atoms with Gasteiger partial charge in [0.25, 0.3) is 5.91 Å².